The van der Waals surface area contributed by atoms with E-state index in [1.165, 1.54) is 0 Å². The van der Waals surface area contributed by atoms with Crippen LogP contribution in [-0.4, -0.2) is 33.4 Å². The molecule has 2 heterocycles. The second-order valence-electron chi connectivity index (χ2n) is 5.56. The first kappa shape index (κ1) is 14.4. The van der Waals surface area contributed by atoms with Crippen LogP contribution in [0.15, 0.2) is 35.1 Å². The van der Waals surface area contributed by atoms with Crippen molar-refractivity contribution in [3.8, 4) is 5.69 Å². The number of anilines is 1. The molecular formula is C16H20N4O2. The summed E-state index contributed by atoms with van der Waals surface area (Å²) in [5.74, 6) is 0. The smallest absolute Gasteiger partial charge is 0.322 e. The predicted molar refractivity (Wildman–Crippen MR) is 85.6 cm³/mol. The van der Waals surface area contributed by atoms with E-state index in [9.17, 15) is 9.59 Å². The molecule has 1 aromatic heterocycles. The van der Waals surface area contributed by atoms with E-state index in [1.54, 1.807) is 14.3 Å². The second-order valence-corrected chi connectivity index (χ2v) is 5.56. The zero-order chi connectivity index (χ0) is 15.7. The lowest BCUT2D eigenvalue weighted by molar-refractivity contribution is 0.222. The van der Waals surface area contributed by atoms with Crippen LogP contribution in [0.3, 0.4) is 0 Å². The number of carbonyl (C=O) groups is 1. The van der Waals surface area contributed by atoms with Gasteiger partial charge >= 0.3 is 6.03 Å². The Balaban J connectivity index is 1.96. The van der Waals surface area contributed by atoms with E-state index >= 15 is 0 Å². The van der Waals surface area contributed by atoms with Gasteiger partial charge in [-0.15, -0.1) is 0 Å². The molecule has 0 radical (unpaired) electrons. The summed E-state index contributed by atoms with van der Waals surface area (Å²) in [4.78, 5) is 26.7. The summed E-state index contributed by atoms with van der Waals surface area (Å²) in [7, 11) is 1.81. The Kier molecular flexibility index (Phi) is 3.75. The van der Waals surface area contributed by atoms with Crippen LogP contribution in [-0.2, 0) is 7.05 Å². The molecule has 0 unspecified atom stereocenters. The maximum absolute atomic E-state index is 12.7. The van der Waals surface area contributed by atoms with E-state index < -0.39 is 0 Å². The fraction of sp³-hybridized carbons (Fsp3) is 0.375. The van der Waals surface area contributed by atoms with Gasteiger partial charge < -0.3 is 10.2 Å². The van der Waals surface area contributed by atoms with Crippen molar-refractivity contribution in [3.05, 3.63) is 46.4 Å². The van der Waals surface area contributed by atoms with Crippen molar-refractivity contribution >= 4 is 11.7 Å². The van der Waals surface area contributed by atoms with Gasteiger partial charge in [0.05, 0.1) is 11.4 Å². The Morgan fingerprint density at radius 1 is 1.14 bits per heavy atom. The number of carbonyl (C=O) groups excluding carboxylic acids is 1. The van der Waals surface area contributed by atoms with Crippen LogP contribution in [0.4, 0.5) is 10.5 Å². The Labute approximate surface area is 128 Å². The van der Waals surface area contributed by atoms with Crippen molar-refractivity contribution < 1.29 is 4.79 Å². The topological polar surface area (TPSA) is 59.3 Å². The molecule has 1 aliphatic heterocycles. The molecule has 22 heavy (non-hydrogen) atoms. The molecule has 1 aromatic carbocycles. The molecule has 1 aliphatic rings. The van der Waals surface area contributed by atoms with E-state index in [0.29, 0.717) is 5.69 Å². The molecule has 1 N–H and O–H groups in total. The third-order valence-corrected chi connectivity index (χ3v) is 4.18. The molecule has 1 fully saturated rings. The average Bonchev–Trinajstić information content (AvgIpc) is 3.13. The number of hydrogen-bond acceptors (Lipinski definition) is 2. The minimum atomic E-state index is -0.209. The molecule has 6 heteroatoms. The molecule has 0 spiro atoms. The monoisotopic (exact) mass is 300 g/mol. The molecular weight excluding hydrogens is 280 g/mol. The first-order valence-electron chi connectivity index (χ1n) is 7.49. The maximum atomic E-state index is 12.7. The zero-order valence-electron chi connectivity index (χ0n) is 12.9. The quantitative estimate of drug-likeness (QED) is 0.923. The van der Waals surface area contributed by atoms with Gasteiger partial charge in [-0.2, -0.15) is 0 Å². The Bertz CT molecular complexity index is 739. The molecule has 0 saturated carbocycles. The van der Waals surface area contributed by atoms with Gasteiger partial charge in [0.25, 0.3) is 5.56 Å². The fourth-order valence-corrected chi connectivity index (χ4v) is 2.82. The molecule has 1 saturated heterocycles. The Hall–Kier alpha value is -2.50. The highest BCUT2D eigenvalue weighted by molar-refractivity contribution is 5.90. The molecule has 0 bridgehead atoms. The lowest BCUT2D eigenvalue weighted by Gasteiger charge is -2.15. The van der Waals surface area contributed by atoms with Gasteiger partial charge in [-0.25, -0.2) is 9.48 Å². The SMILES string of the molecule is Cc1c(NC(=O)N2CCCC2)c(=O)n(-c2ccccc2)n1C. The van der Waals surface area contributed by atoms with E-state index in [2.05, 4.69) is 5.32 Å². The normalized spacial score (nSPS) is 14.4. The number of hydrogen-bond donors (Lipinski definition) is 1. The third kappa shape index (κ3) is 2.41. The van der Waals surface area contributed by atoms with Gasteiger partial charge in [0.15, 0.2) is 0 Å². The summed E-state index contributed by atoms with van der Waals surface area (Å²) in [6.45, 7) is 3.34. The summed E-state index contributed by atoms with van der Waals surface area (Å²) in [5.41, 5.74) is 1.66. The van der Waals surface area contributed by atoms with Crippen LogP contribution in [0, 0.1) is 6.92 Å². The van der Waals surface area contributed by atoms with Crippen LogP contribution in [0.5, 0.6) is 0 Å². The standard InChI is InChI=1S/C16H20N4O2/c1-12-14(17-16(22)19-10-6-7-11-19)15(21)20(18(12)2)13-8-4-3-5-9-13/h3-5,8-9H,6-7,10-11H2,1-2H3,(H,17,22). The van der Waals surface area contributed by atoms with Crippen LogP contribution in [0.2, 0.25) is 0 Å². The lowest BCUT2D eigenvalue weighted by atomic mass is 10.3. The van der Waals surface area contributed by atoms with Gasteiger partial charge in [0.2, 0.25) is 0 Å². The Morgan fingerprint density at radius 2 is 1.77 bits per heavy atom. The third-order valence-electron chi connectivity index (χ3n) is 4.18. The number of para-hydroxylation sites is 1. The lowest BCUT2D eigenvalue weighted by Crippen LogP contribution is -2.34. The molecule has 2 amide bonds. The van der Waals surface area contributed by atoms with Gasteiger partial charge in [-0.1, -0.05) is 18.2 Å². The molecule has 0 atom stereocenters. The molecule has 116 valence electrons. The van der Waals surface area contributed by atoms with Gasteiger partial charge in [-0.05, 0) is 31.9 Å². The average molecular weight is 300 g/mol. The minimum absolute atomic E-state index is 0.191. The number of urea groups is 1. The molecule has 0 aliphatic carbocycles. The number of likely N-dealkylation sites (tertiary alicyclic amines) is 1. The second kappa shape index (κ2) is 5.71. The minimum Gasteiger partial charge on any atom is -0.325 e. The number of nitrogens with zero attached hydrogens (tertiary/aromatic N) is 3. The van der Waals surface area contributed by atoms with Crippen molar-refractivity contribution in [2.45, 2.75) is 19.8 Å². The first-order chi connectivity index (χ1) is 10.6. The van der Waals surface area contributed by atoms with Gasteiger partial charge in [0, 0.05) is 20.1 Å². The zero-order valence-corrected chi connectivity index (χ0v) is 12.9. The largest absolute Gasteiger partial charge is 0.325 e. The van der Waals surface area contributed by atoms with Crippen molar-refractivity contribution in [1.29, 1.82) is 0 Å². The number of nitrogens with one attached hydrogen (secondary N) is 1. The summed E-state index contributed by atoms with van der Waals surface area (Å²) in [6, 6.07) is 9.21. The van der Waals surface area contributed by atoms with E-state index in [1.807, 2.05) is 44.3 Å². The maximum Gasteiger partial charge on any atom is 0.322 e. The van der Waals surface area contributed by atoms with Gasteiger partial charge in [0.1, 0.15) is 5.69 Å². The van der Waals surface area contributed by atoms with Crippen molar-refractivity contribution in [3.63, 3.8) is 0 Å². The fourth-order valence-electron chi connectivity index (χ4n) is 2.82. The highest BCUT2D eigenvalue weighted by Gasteiger charge is 2.22. The summed E-state index contributed by atoms with van der Waals surface area (Å²) >= 11 is 0. The Morgan fingerprint density at radius 3 is 2.41 bits per heavy atom. The summed E-state index contributed by atoms with van der Waals surface area (Å²) < 4.78 is 3.33. The summed E-state index contributed by atoms with van der Waals surface area (Å²) in [6.07, 6.45) is 2.05. The molecule has 3 rings (SSSR count). The highest BCUT2D eigenvalue weighted by Crippen LogP contribution is 2.16. The number of benzene rings is 1. The van der Waals surface area contributed by atoms with Crippen molar-refractivity contribution in [1.82, 2.24) is 14.3 Å². The molecule has 2 aromatic rings. The first-order valence-corrected chi connectivity index (χ1v) is 7.49. The van der Waals surface area contributed by atoms with Crippen LogP contribution in [0.1, 0.15) is 18.5 Å². The number of aromatic nitrogens is 2. The molecule has 6 nitrogen and oxygen atoms in total. The van der Waals surface area contributed by atoms with E-state index in [-0.39, 0.29) is 11.6 Å². The van der Waals surface area contributed by atoms with Gasteiger partial charge in [-0.3, -0.25) is 9.48 Å². The summed E-state index contributed by atoms with van der Waals surface area (Å²) in [5, 5.41) is 2.78. The predicted octanol–water partition coefficient (Wildman–Crippen LogP) is 2.11. The van der Waals surface area contributed by atoms with Crippen molar-refractivity contribution in [2.24, 2.45) is 7.05 Å². The highest BCUT2D eigenvalue weighted by atomic mass is 16.2. The van der Waals surface area contributed by atoms with E-state index in [0.717, 1.165) is 37.3 Å². The van der Waals surface area contributed by atoms with Crippen LogP contribution in [0.25, 0.3) is 5.69 Å². The number of rotatable bonds is 2. The van der Waals surface area contributed by atoms with Crippen LogP contribution >= 0.6 is 0 Å². The van der Waals surface area contributed by atoms with Crippen LogP contribution < -0.4 is 10.9 Å². The number of amides is 2. The van der Waals surface area contributed by atoms with Crippen molar-refractivity contribution in [2.75, 3.05) is 18.4 Å². The van der Waals surface area contributed by atoms with E-state index in [4.69, 9.17) is 0 Å².